The SMILES string of the molecule is CC(=O)OC[C@H]1CC[C@H]1CO. The Labute approximate surface area is 66.4 Å². The minimum absolute atomic E-state index is 0.228. The maximum absolute atomic E-state index is 10.4. The molecule has 1 rings (SSSR count). The number of carbonyl (C=O) groups excluding carboxylic acids is 1. The van der Waals surface area contributed by atoms with E-state index in [9.17, 15) is 4.79 Å². The molecule has 0 aromatic carbocycles. The van der Waals surface area contributed by atoms with Gasteiger partial charge in [0.2, 0.25) is 0 Å². The topological polar surface area (TPSA) is 46.5 Å². The van der Waals surface area contributed by atoms with E-state index in [0.29, 0.717) is 18.4 Å². The summed E-state index contributed by atoms with van der Waals surface area (Å²) in [6.45, 7) is 2.12. The van der Waals surface area contributed by atoms with Crippen LogP contribution in [0.2, 0.25) is 0 Å². The molecule has 1 saturated carbocycles. The largest absolute Gasteiger partial charge is 0.466 e. The van der Waals surface area contributed by atoms with Gasteiger partial charge in [0, 0.05) is 13.5 Å². The van der Waals surface area contributed by atoms with E-state index >= 15 is 0 Å². The van der Waals surface area contributed by atoms with E-state index in [4.69, 9.17) is 9.84 Å². The molecule has 0 aromatic heterocycles. The van der Waals surface area contributed by atoms with Crippen LogP contribution in [0.4, 0.5) is 0 Å². The van der Waals surface area contributed by atoms with Crippen LogP contribution in [-0.4, -0.2) is 24.3 Å². The second kappa shape index (κ2) is 3.72. The van der Waals surface area contributed by atoms with Crippen LogP contribution in [0.1, 0.15) is 19.8 Å². The first kappa shape index (κ1) is 8.53. The molecule has 64 valence electrons. The first-order valence-electron chi connectivity index (χ1n) is 3.98. The fraction of sp³-hybridized carbons (Fsp3) is 0.875. The van der Waals surface area contributed by atoms with E-state index in [1.54, 1.807) is 0 Å². The Kier molecular flexibility index (Phi) is 2.88. The lowest BCUT2D eigenvalue weighted by atomic mass is 9.75. The van der Waals surface area contributed by atoms with Gasteiger partial charge < -0.3 is 9.84 Å². The van der Waals surface area contributed by atoms with E-state index in [1.807, 2.05) is 0 Å². The molecule has 11 heavy (non-hydrogen) atoms. The predicted octanol–water partition coefficient (Wildman–Crippen LogP) is 0.568. The molecular formula is C8H14O3. The van der Waals surface area contributed by atoms with Crippen LogP contribution in [0, 0.1) is 11.8 Å². The highest BCUT2D eigenvalue weighted by atomic mass is 16.5. The zero-order valence-corrected chi connectivity index (χ0v) is 6.75. The number of hydrogen-bond donors (Lipinski definition) is 1. The van der Waals surface area contributed by atoms with Gasteiger partial charge in [-0.1, -0.05) is 0 Å². The van der Waals surface area contributed by atoms with Crippen molar-refractivity contribution in [2.24, 2.45) is 11.8 Å². The molecule has 0 bridgehead atoms. The number of aliphatic hydroxyl groups is 1. The van der Waals surface area contributed by atoms with Crippen molar-refractivity contribution in [3.63, 3.8) is 0 Å². The maximum atomic E-state index is 10.4. The van der Waals surface area contributed by atoms with Gasteiger partial charge in [-0.15, -0.1) is 0 Å². The molecule has 3 heteroatoms. The number of ether oxygens (including phenoxy) is 1. The summed E-state index contributed by atoms with van der Waals surface area (Å²) >= 11 is 0. The Morgan fingerprint density at radius 2 is 2.18 bits per heavy atom. The van der Waals surface area contributed by atoms with Crippen molar-refractivity contribution in [1.29, 1.82) is 0 Å². The molecule has 0 heterocycles. The lowest BCUT2D eigenvalue weighted by Crippen LogP contribution is -2.32. The molecule has 1 fully saturated rings. The Morgan fingerprint density at radius 3 is 2.55 bits per heavy atom. The second-order valence-electron chi connectivity index (χ2n) is 3.08. The quantitative estimate of drug-likeness (QED) is 0.611. The van der Waals surface area contributed by atoms with Crippen LogP contribution in [-0.2, 0) is 9.53 Å². The number of carbonyl (C=O) groups is 1. The molecule has 0 aromatic rings. The van der Waals surface area contributed by atoms with Crippen molar-refractivity contribution in [2.45, 2.75) is 19.8 Å². The van der Waals surface area contributed by atoms with E-state index in [1.165, 1.54) is 6.92 Å². The summed E-state index contributed by atoms with van der Waals surface area (Å²) in [4.78, 5) is 10.4. The van der Waals surface area contributed by atoms with E-state index in [2.05, 4.69) is 0 Å². The number of esters is 1. The minimum atomic E-state index is -0.228. The highest BCUT2D eigenvalue weighted by Gasteiger charge is 2.30. The van der Waals surface area contributed by atoms with Gasteiger partial charge in [-0.05, 0) is 24.7 Å². The van der Waals surface area contributed by atoms with Crippen molar-refractivity contribution in [2.75, 3.05) is 13.2 Å². The van der Waals surface area contributed by atoms with Crippen molar-refractivity contribution < 1.29 is 14.6 Å². The van der Waals surface area contributed by atoms with Crippen molar-refractivity contribution in [3.05, 3.63) is 0 Å². The van der Waals surface area contributed by atoms with Crippen LogP contribution in [0.5, 0.6) is 0 Å². The van der Waals surface area contributed by atoms with Crippen molar-refractivity contribution in [3.8, 4) is 0 Å². The summed E-state index contributed by atoms with van der Waals surface area (Å²) in [7, 11) is 0. The Bertz CT molecular complexity index is 142. The Morgan fingerprint density at radius 1 is 1.55 bits per heavy atom. The molecule has 0 radical (unpaired) electrons. The van der Waals surface area contributed by atoms with Gasteiger partial charge >= 0.3 is 5.97 Å². The molecule has 2 atom stereocenters. The van der Waals surface area contributed by atoms with E-state index in [0.717, 1.165) is 12.8 Å². The molecule has 1 aliphatic rings. The summed E-state index contributed by atoms with van der Waals surface area (Å²) < 4.78 is 4.83. The highest BCUT2D eigenvalue weighted by Crippen LogP contribution is 2.33. The molecule has 3 nitrogen and oxygen atoms in total. The van der Waals surface area contributed by atoms with Crippen LogP contribution in [0.25, 0.3) is 0 Å². The fourth-order valence-corrected chi connectivity index (χ4v) is 1.32. The lowest BCUT2D eigenvalue weighted by molar-refractivity contribution is -0.144. The third-order valence-corrected chi connectivity index (χ3v) is 2.31. The first-order chi connectivity index (χ1) is 5.24. The van der Waals surface area contributed by atoms with Crippen molar-refractivity contribution in [1.82, 2.24) is 0 Å². The molecule has 0 spiro atoms. The summed E-state index contributed by atoms with van der Waals surface area (Å²) in [6, 6.07) is 0. The van der Waals surface area contributed by atoms with Crippen LogP contribution < -0.4 is 0 Å². The molecular weight excluding hydrogens is 144 g/mol. The van der Waals surface area contributed by atoms with Gasteiger partial charge in [-0.2, -0.15) is 0 Å². The van der Waals surface area contributed by atoms with Gasteiger partial charge in [0.25, 0.3) is 0 Å². The average molecular weight is 158 g/mol. The molecule has 0 unspecified atom stereocenters. The van der Waals surface area contributed by atoms with Gasteiger partial charge in [0.1, 0.15) is 0 Å². The lowest BCUT2D eigenvalue weighted by Gasteiger charge is -2.34. The highest BCUT2D eigenvalue weighted by molar-refractivity contribution is 5.65. The molecule has 0 amide bonds. The van der Waals surface area contributed by atoms with Gasteiger partial charge in [0.05, 0.1) is 6.61 Å². The summed E-state index contributed by atoms with van der Waals surface area (Å²) in [6.07, 6.45) is 2.15. The fourth-order valence-electron chi connectivity index (χ4n) is 1.32. The normalized spacial score (nSPS) is 29.3. The maximum Gasteiger partial charge on any atom is 0.302 e. The second-order valence-corrected chi connectivity index (χ2v) is 3.08. The third kappa shape index (κ3) is 2.19. The molecule has 0 aliphatic heterocycles. The zero-order valence-electron chi connectivity index (χ0n) is 6.75. The van der Waals surface area contributed by atoms with Crippen molar-refractivity contribution >= 4 is 5.97 Å². The van der Waals surface area contributed by atoms with E-state index < -0.39 is 0 Å². The van der Waals surface area contributed by atoms with E-state index in [-0.39, 0.29) is 12.6 Å². The third-order valence-electron chi connectivity index (χ3n) is 2.31. The van der Waals surface area contributed by atoms with Gasteiger partial charge in [-0.25, -0.2) is 0 Å². The number of rotatable bonds is 3. The summed E-state index contributed by atoms with van der Waals surface area (Å²) in [5, 5.41) is 8.78. The molecule has 0 saturated heterocycles. The van der Waals surface area contributed by atoms with Crippen LogP contribution >= 0.6 is 0 Å². The average Bonchev–Trinajstić information content (AvgIpc) is 1.86. The number of aliphatic hydroxyl groups excluding tert-OH is 1. The molecule has 1 aliphatic carbocycles. The summed E-state index contributed by atoms with van der Waals surface area (Å²) in [5.41, 5.74) is 0. The van der Waals surface area contributed by atoms with Crippen LogP contribution in [0.15, 0.2) is 0 Å². The number of hydrogen-bond acceptors (Lipinski definition) is 3. The predicted molar refractivity (Wildman–Crippen MR) is 39.9 cm³/mol. The Balaban J connectivity index is 2.12. The molecule has 1 N–H and O–H groups in total. The van der Waals surface area contributed by atoms with Gasteiger partial charge in [0.15, 0.2) is 0 Å². The minimum Gasteiger partial charge on any atom is -0.466 e. The standard InChI is InChI=1S/C8H14O3/c1-6(10)11-5-8-3-2-7(8)4-9/h7-9H,2-5H2,1H3/t7-,8+/m0/s1. The van der Waals surface area contributed by atoms with Crippen LogP contribution in [0.3, 0.4) is 0 Å². The summed E-state index contributed by atoms with van der Waals surface area (Å²) in [5.74, 6) is 0.548. The zero-order chi connectivity index (χ0) is 8.27. The van der Waals surface area contributed by atoms with Gasteiger partial charge in [-0.3, -0.25) is 4.79 Å². The Hall–Kier alpha value is -0.570. The first-order valence-corrected chi connectivity index (χ1v) is 3.98. The monoisotopic (exact) mass is 158 g/mol. The smallest absolute Gasteiger partial charge is 0.302 e.